The minimum Gasteiger partial charge on any atom is -0.443 e. The van der Waals surface area contributed by atoms with Crippen LogP contribution in [0.2, 0.25) is 0 Å². The van der Waals surface area contributed by atoms with E-state index in [1.807, 2.05) is 36.4 Å². The number of halogens is 1. The first kappa shape index (κ1) is 24.6. The standard InChI is InChI=1S/C25H29FN4O5/c1-24(18-10-6-3-7-11-18,20-13-28-23(33)35-20)22(32)29-19-12-27-16-25(19,26)30-21(31)15-34-14-17-8-4-2-5-9-17/h2-11,19-20,27H,12-16H2,1H3,(H,28,33)(H,29,32)(H,30,31). The fourth-order valence-corrected chi connectivity index (χ4v) is 4.35. The van der Waals surface area contributed by atoms with E-state index in [1.54, 1.807) is 31.2 Å². The molecule has 186 valence electrons. The topological polar surface area (TPSA) is 118 Å². The van der Waals surface area contributed by atoms with E-state index in [2.05, 4.69) is 21.3 Å². The molecule has 4 unspecified atom stereocenters. The van der Waals surface area contributed by atoms with Gasteiger partial charge >= 0.3 is 6.09 Å². The lowest BCUT2D eigenvalue weighted by Crippen LogP contribution is -2.63. The van der Waals surface area contributed by atoms with Crippen LogP contribution in [-0.4, -0.2) is 62.1 Å². The summed E-state index contributed by atoms with van der Waals surface area (Å²) in [6.45, 7) is 1.62. The zero-order chi connectivity index (χ0) is 24.9. The fourth-order valence-electron chi connectivity index (χ4n) is 4.35. The summed E-state index contributed by atoms with van der Waals surface area (Å²) in [5, 5.41) is 10.5. The van der Waals surface area contributed by atoms with E-state index < -0.39 is 41.3 Å². The van der Waals surface area contributed by atoms with E-state index in [1.165, 1.54) is 0 Å². The maximum atomic E-state index is 15.8. The molecule has 4 rings (SSSR count). The van der Waals surface area contributed by atoms with Crippen LogP contribution in [0.25, 0.3) is 0 Å². The minimum absolute atomic E-state index is 0.112. The molecule has 10 heteroatoms. The Kier molecular flexibility index (Phi) is 7.32. The van der Waals surface area contributed by atoms with Crippen LogP contribution in [0.1, 0.15) is 18.1 Å². The summed E-state index contributed by atoms with van der Waals surface area (Å²) in [4.78, 5) is 37.7. The van der Waals surface area contributed by atoms with Crippen molar-refractivity contribution in [3.63, 3.8) is 0 Å². The van der Waals surface area contributed by atoms with Gasteiger partial charge in [0.2, 0.25) is 17.6 Å². The summed E-state index contributed by atoms with van der Waals surface area (Å²) in [7, 11) is 0. The maximum Gasteiger partial charge on any atom is 0.407 e. The number of alkyl halides is 1. The maximum absolute atomic E-state index is 15.8. The van der Waals surface area contributed by atoms with E-state index in [-0.39, 0.29) is 32.8 Å². The summed E-state index contributed by atoms with van der Waals surface area (Å²) in [5.41, 5.74) is 0.227. The minimum atomic E-state index is -2.22. The molecular weight excluding hydrogens is 455 g/mol. The second-order valence-corrected chi connectivity index (χ2v) is 8.89. The molecule has 0 aromatic heterocycles. The highest BCUT2D eigenvalue weighted by molar-refractivity contribution is 5.90. The summed E-state index contributed by atoms with van der Waals surface area (Å²) in [6.07, 6.45) is -1.41. The molecule has 2 aliphatic heterocycles. The molecule has 0 spiro atoms. The number of cyclic esters (lactones) is 1. The van der Waals surface area contributed by atoms with Crippen molar-refractivity contribution in [3.8, 4) is 0 Å². The molecule has 9 nitrogen and oxygen atoms in total. The summed E-state index contributed by atoms with van der Waals surface area (Å²) >= 11 is 0. The first-order valence-electron chi connectivity index (χ1n) is 11.4. The third-order valence-corrected chi connectivity index (χ3v) is 6.45. The number of hydrogen-bond donors (Lipinski definition) is 4. The van der Waals surface area contributed by atoms with Crippen LogP contribution in [0.3, 0.4) is 0 Å². The Morgan fingerprint density at radius 2 is 1.83 bits per heavy atom. The second kappa shape index (κ2) is 10.4. The van der Waals surface area contributed by atoms with E-state index in [4.69, 9.17) is 9.47 Å². The number of amides is 3. The van der Waals surface area contributed by atoms with Crippen molar-refractivity contribution in [1.29, 1.82) is 0 Å². The van der Waals surface area contributed by atoms with Crippen LogP contribution < -0.4 is 21.3 Å². The van der Waals surface area contributed by atoms with Crippen LogP contribution in [0.15, 0.2) is 60.7 Å². The molecule has 4 N–H and O–H groups in total. The lowest BCUT2D eigenvalue weighted by Gasteiger charge is -2.36. The lowest BCUT2D eigenvalue weighted by atomic mass is 9.76. The van der Waals surface area contributed by atoms with Gasteiger partial charge in [-0.2, -0.15) is 0 Å². The van der Waals surface area contributed by atoms with Gasteiger partial charge in [-0.05, 0) is 18.1 Å². The molecule has 2 aromatic rings. The Morgan fingerprint density at radius 1 is 1.14 bits per heavy atom. The summed E-state index contributed by atoms with van der Waals surface area (Å²) in [6, 6.07) is 17.2. The number of rotatable bonds is 9. The first-order chi connectivity index (χ1) is 16.8. The molecule has 2 aromatic carbocycles. The number of nitrogens with one attached hydrogen (secondary N) is 4. The Labute approximate surface area is 202 Å². The molecule has 0 aliphatic carbocycles. The van der Waals surface area contributed by atoms with Gasteiger partial charge in [0.15, 0.2) is 0 Å². The molecule has 4 atom stereocenters. The van der Waals surface area contributed by atoms with Gasteiger partial charge in [0.25, 0.3) is 0 Å². The predicted molar refractivity (Wildman–Crippen MR) is 125 cm³/mol. The number of hydrogen-bond acceptors (Lipinski definition) is 6. The highest BCUT2D eigenvalue weighted by Crippen LogP contribution is 2.32. The molecule has 2 aliphatic rings. The van der Waals surface area contributed by atoms with Crippen molar-refractivity contribution in [1.82, 2.24) is 21.3 Å². The van der Waals surface area contributed by atoms with E-state index in [0.717, 1.165) is 5.56 Å². The molecule has 0 bridgehead atoms. The third-order valence-electron chi connectivity index (χ3n) is 6.45. The van der Waals surface area contributed by atoms with Gasteiger partial charge < -0.3 is 30.7 Å². The molecule has 2 saturated heterocycles. The molecule has 0 radical (unpaired) electrons. The van der Waals surface area contributed by atoms with Gasteiger partial charge in [-0.3, -0.25) is 9.59 Å². The molecule has 35 heavy (non-hydrogen) atoms. The summed E-state index contributed by atoms with van der Waals surface area (Å²) in [5.74, 6) is -3.37. The highest BCUT2D eigenvalue weighted by atomic mass is 19.1. The average Bonchev–Trinajstić information content (AvgIpc) is 3.45. The van der Waals surface area contributed by atoms with Crippen LogP contribution in [0.5, 0.6) is 0 Å². The number of carbonyl (C=O) groups is 3. The average molecular weight is 485 g/mol. The Balaban J connectivity index is 1.42. The van der Waals surface area contributed by atoms with Crippen molar-refractivity contribution in [2.45, 2.75) is 36.9 Å². The quantitative estimate of drug-likeness (QED) is 0.397. The van der Waals surface area contributed by atoms with Crippen LogP contribution >= 0.6 is 0 Å². The van der Waals surface area contributed by atoms with E-state index in [0.29, 0.717) is 5.56 Å². The summed E-state index contributed by atoms with van der Waals surface area (Å²) < 4.78 is 26.6. The second-order valence-electron chi connectivity index (χ2n) is 8.89. The van der Waals surface area contributed by atoms with Crippen LogP contribution in [0.4, 0.5) is 9.18 Å². The Hall–Kier alpha value is -3.50. The van der Waals surface area contributed by atoms with Crippen molar-refractivity contribution in [3.05, 3.63) is 71.8 Å². The van der Waals surface area contributed by atoms with Crippen LogP contribution in [-0.2, 0) is 31.1 Å². The molecule has 2 heterocycles. The monoisotopic (exact) mass is 484 g/mol. The number of alkyl carbamates (subject to hydrolysis) is 1. The third kappa shape index (κ3) is 5.44. The lowest BCUT2D eigenvalue weighted by molar-refractivity contribution is -0.135. The zero-order valence-corrected chi connectivity index (χ0v) is 19.4. The van der Waals surface area contributed by atoms with Gasteiger partial charge in [0, 0.05) is 6.54 Å². The largest absolute Gasteiger partial charge is 0.443 e. The van der Waals surface area contributed by atoms with Crippen molar-refractivity contribution in [2.24, 2.45) is 0 Å². The smallest absolute Gasteiger partial charge is 0.407 e. The van der Waals surface area contributed by atoms with Crippen molar-refractivity contribution < 1.29 is 28.2 Å². The van der Waals surface area contributed by atoms with Crippen molar-refractivity contribution >= 4 is 17.9 Å². The predicted octanol–water partition coefficient (Wildman–Crippen LogP) is 1.14. The first-order valence-corrected chi connectivity index (χ1v) is 11.4. The van der Waals surface area contributed by atoms with Gasteiger partial charge in [0.05, 0.1) is 25.7 Å². The van der Waals surface area contributed by atoms with E-state index >= 15 is 4.39 Å². The normalized spacial score (nSPS) is 25.3. The molecule has 2 fully saturated rings. The SMILES string of the molecule is CC(C(=O)NC1CNCC1(F)NC(=O)COCc1ccccc1)(c1ccccc1)C1CNC(=O)O1. The van der Waals surface area contributed by atoms with Gasteiger partial charge in [-0.25, -0.2) is 9.18 Å². The Bertz CT molecular complexity index is 1060. The van der Waals surface area contributed by atoms with Crippen LogP contribution in [0, 0.1) is 0 Å². The molecule has 3 amide bonds. The van der Waals surface area contributed by atoms with Crippen molar-refractivity contribution in [2.75, 3.05) is 26.2 Å². The molecular formula is C25H29FN4O5. The number of ether oxygens (including phenoxy) is 2. The van der Waals surface area contributed by atoms with E-state index in [9.17, 15) is 14.4 Å². The van der Waals surface area contributed by atoms with Gasteiger partial charge in [-0.15, -0.1) is 0 Å². The highest BCUT2D eigenvalue weighted by Gasteiger charge is 2.52. The van der Waals surface area contributed by atoms with Gasteiger partial charge in [-0.1, -0.05) is 60.7 Å². The zero-order valence-electron chi connectivity index (χ0n) is 19.4. The molecule has 0 saturated carbocycles. The number of carbonyl (C=O) groups excluding carboxylic acids is 3. The number of benzene rings is 2. The fraction of sp³-hybridized carbons (Fsp3) is 0.400. The van der Waals surface area contributed by atoms with Gasteiger partial charge in [0.1, 0.15) is 18.1 Å². The Morgan fingerprint density at radius 3 is 2.49 bits per heavy atom.